The number of benzene rings is 2. The Hall–Kier alpha value is -1.75. The van der Waals surface area contributed by atoms with E-state index in [4.69, 9.17) is 33.4 Å². The largest absolute Gasteiger partial charge is 0.419 e. The summed E-state index contributed by atoms with van der Waals surface area (Å²) < 4.78 is 6.61. The lowest BCUT2D eigenvalue weighted by molar-refractivity contribution is 0.527. The Balaban J connectivity index is 2.11. The van der Waals surface area contributed by atoms with Gasteiger partial charge in [0.15, 0.2) is 5.58 Å². The molecule has 3 rings (SSSR count). The van der Waals surface area contributed by atoms with Crippen molar-refractivity contribution in [3.8, 4) is 0 Å². The van der Waals surface area contributed by atoms with Crippen molar-refractivity contribution >= 4 is 34.3 Å². The Labute approximate surface area is 130 Å². The van der Waals surface area contributed by atoms with Crippen molar-refractivity contribution in [2.45, 2.75) is 6.04 Å². The van der Waals surface area contributed by atoms with Crippen LogP contribution in [-0.4, -0.2) is 4.57 Å². The maximum Gasteiger partial charge on any atom is 0.419 e. The van der Waals surface area contributed by atoms with E-state index in [-0.39, 0.29) is 0 Å². The fourth-order valence-electron chi connectivity index (χ4n) is 2.28. The molecule has 1 atom stereocenters. The van der Waals surface area contributed by atoms with Crippen LogP contribution in [0.1, 0.15) is 17.2 Å². The van der Waals surface area contributed by atoms with Gasteiger partial charge in [0.05, 0.1) is 11.6 Å². The second-order valence-corrected chi connectivity index (χ2v) is 5.64. The molecule has 2 N–H and O–H groups in total. The van der Waals surface area contributed by atoms with E-state index >= 15 is 0 Å². The zero-order valence-corrected chi connectivity index (χ0v) is 12.7. The summed E-state index contributed by atoms with van der Waals surface area (Å²) in [5, 5.41) is 1.11. The number of nitrogens with zero attached hydrogens (tertiary/aromatic N) is 1. The van der Waals surface area contributed by atoms with Gasteiger partial charge in [0.1, 0.15) is 0 Å². The molecule has 0 amide bonds. The predicted octanol–water partition coefficient (Wildman–Crippen LogP) is 3.49. The lowest BCUT2D eigenvalue weighted by Gasteiger charge is -2.14. The highest BCUT2D eigenvalue weighted by Gasteiger charge is 2.15. The molecule has 0 bridgehead atoms. The van der Waals surface area contributed by atoms with E-state index in [0.29, 0.717) is 21.1 Å². The van der Waals surface area contributed by atoms with Gasteiger partial charge in [-0.15, -0.1) is 0 Å². The Morgan fingerprint density at radius 2 is 1.95 bits per heavy atom. The normalized spacial score (nSPS) is 12.8. The molecule has 0 saturated carbocycles. The first-order valence-corrected chi connectivity index (χ1v) is 7.03. The number of aryl methyl sites for hydroxylation is 1. The van der Waals surface area contributed by atoms with Crippen LogP contribution in [0, 0.1) is 0 Å². The highest BCUT2D eigenvalue weighted by Crippen LogP contribution is 2.30. The number of hydrogen-bond donors (Lipinski definition) is 1. The summed E-state index contributed by atoms with van der Waals surface area (Å²) in [5.74, 6) is -0.406. The van der Waals surface area contributed by atoms with Gasteiger partial charge in [-0.25, -0.2) is 4.79 Å². The number of fused-ring (bicyclic) bond motifs is 1. The maximum absolute atomic E-state index is 11.5. The van der Waals surface area contributed by atoms with Crippen molar-refractivity contribution < 1.29 is 4.42 Å². The molecule has 0 fully saturated rings. The smallest absolute Gasteiger partial charge is 0.408 e. The Bertz CT molecular complexity index is 883. The quantitative estimate of drug-likeness (QED) is 0.785. The Morgan fingerprint density at radius 3 is 2.71 bits per heavy atom. The summed E-state index contributed by atoms with van der Waals surface area (Å²) in [4.78, 5) is 11.5. The van der Waals surface area contributed by atoms with Gasteiger partial charge in [-0.1, -0.05) is 29.3 Å². The standard InChI is InChI=1S/C15H12Cl2N2O2/c1-19-12-5-2-8(6-13(12)21-15(19)20)14(18)10-7-9(16)3-4-11(10)17/h2-7,14H,18H2,1H3. The highest BCUT2D eigenvalue weighted by molar-refractivity contribution is 6.33. The summed E-state index contributed by atoms with van der Waals surface area (Å²) in [6.45, 7) is 0. The van der Waals surface area contributed by atoms with Crippen LogP contribution in [-0.2, 0) is 7.05 Å². The minimum absolute atomic E-state index is 0.406. The molecule has 1 aromatic heterocycles. The molecule has 0 aliphatic heterocycles. The summed E-state index contributed by atoms with van der Waals surface area (Å²) >= 11 is 12.2. The second-order valence-electron chi connectivity index (χ2n) is 4.80. The molecule has 2 aromatic carbocycles. The first kappa shape index (κ1) is 14.2. The van der Waals surface area contributed by atoms with Crippen molar-refractivity contribution in [1.82, 2.24) is 4.57 Å². The van der Waals surface area contributed by atoms with Crippen LogP contribution >= 0.6 is 23.2 Å². The van der Waals surface area contributed by atoms with E-state index in [1.807, 2.05) is 6.07 Å². The predicted molar refractivity (Wildman–Crippen MR) is 83.9 cm³/mol. The van der Waals surface area contributed by atoms with Crippen LogP contribution in [0.3, 0.4) is 0 Å². The Kier molecular flexibility index (Phi) is 3.53. The van der Waals surface area contributed by atoms with Gasteiger partial charge in [0, 0.05) is 17.1 Å². The molecule has 6 heteroatoms. The zero-order valence-electron chi connectivity index (χ0n) is 11.1. The van der Waals surface area contributed by atoms with E-state index in [9.17, 15) is 4.79 Å². The molecular formula is C15H12Cl2N2O2. The van der Waals surface area contributed by atoms with E-state index < -0.39 is 11.8 Å². The molecule has 21 heavy (non-hydrogen) atoms. The Morgan fingerprint density at radius 1 is 1.19 bits per heavy atom. The van der Waals surface area contributed by atoms with Crippen molar-refractivity contribution in [2.75, 3.05) is 0 Å². The summed E-state index contributed by atoms with van der Waals surface area (Å²) in [6, 6.07) is 10.1. The van der Waals surface area contributed by atoms with Crippen LogP contribution < -0.4 is 11.5 Å². The SMILES string of the molecule is Cn1c(=O)oc2cc(C(N)c3cc(Cl)ccc3Cl)ccc21. The minimum Gasteiger partial charge on any atom is -0.408 e. The summed E-state index contributed by atoms with van der Waals surface area (Å²) in [6.07, 6.45) is 0. The van der Waals surface area contributed by atoms with Crippen LogP contribution in [0.25, 0.3) is 11.1 Å². The number of oxazole rings is 1. The summed E-state index contributed by atoms with van der Waals surface area (Å²) in [5.41, 5.74) is 8.98. The second kappa shape index (κ2) is 5.22. The van der Waals surface area contributed by atoms with E-state index in [0.717, 1.165) is 11.1 Å². The van der Waals surface area contributed by atoms with E-state index in [2.05, 4.69) is 0 Å². The van der Waals surface area contributed by atoms with Crippen LogP contribution in [0.5, 0.6) is 0 Å². The van der Waals surface area contributed by atoms with E-state index in [1.165, 1.54) is 4.57 Å². The molecule has 1 unspecified atom stereocenters. The molecule has 0 aliphatic carbocycles. The zero-order chi connectivity index (χ0) is 15.1. The number of nitrogens with two attached hydrogens (primary N) is 1. The van der Waals surface area contributed by atoms with Crippen LogP contribution in [0.15, 0.2) is 45.6 Å². The lowest BCUT2D eigenvalue weighted by atomic mass is 9.99. The molecule has 1 heterocycles. The molecule has 0 aliphatic rings. The lowest BCUT2D eigenvalue weighted by Crippen LogP contribution is -2.12. The average molecular weight is 323 g/mol. The third-order valence-corrected chi connectivity index (χ3v) is 4.05. The third kappa shape index (κ3) is 2.46. The van der Waals surface area contributed by atoms with Crippen molar-refractivity contribution in [1.29, 1.82) is 0 Å². The summed E-state index contributed by atoms with van der Waals surface area (Å²) in [7, 11) is 1.65. The molecule has 108 valence electrons. The van der Waals surface area contributed by atoms with Crippen molar-refractivity contribution in [2.24, 2.45) is 12.8 Å². The van der Waals surface area contributed by atoms with Gasteiger partial charge in [0.2, 0.25) is 0 Å². The monoisotopic (exact) mass is 322 g/mol. The molecule has 0 spiro atoms. The molecule has 3 aromatic rings. The molecule has 4 nitrogen and oxygen atoms in total. The molecule has 0 radical (unpaired) electrons. The van der Waals surface area contributed by atoms with Crippen molar-refractivity contribution in [3.63, 3.8) is 0 Å². The molecular weight excluding hydrogens is 311 g/mol. The number of hydrogen-bond acceptors (Lipinski definition) is 3. The average Bonchev–Trinajstić information content (AvgIpc) is 2.75. The highest BCUT2D eigenvalue weighted by atomic mass is 35.5. The fraction of sp³-hybridized carbons (Fsp3) is 0.133. The minimum atomic E-state index is -0.453. The molecule has 0 saturated heterocycles. The first-order chi connectivity index (χ1) is 9.97. The van der Waals surface area contributed by atoms with Gasteiger partial charge >= 0.3 is 5.76 Å². The fourth-order valence-corrected chi connectivity index (χ4v) is 2.69. The number of halogens is 2. The topological polar surface area (TPSA) is 61.2 Å². The van der Waals surface area contributed by atoms with Crippen molar-refractivity contribution in [3.05, 3.63) is 68.1 Å². The third-order valence-electron chi connectivity index (χ3n) is 3.47. The maximum atomic E-state index is 11.5. The van der Waals surface area contributed by atoms with Gasteiger partial charge in [-0.3, -0.25) is 4.57 Å². The van der Waals surface area contributed by atoms with Gasteiger partial charge < -0.3 is 10.2 Å². The van der Waals surface area contributed by atoms with E-state index in [1.54, 1.807) is 37.4 Å². The number of aromatic nitrogens is 1. The van der Waals surface area contributed by atoms with Gasteiger partial charge in [-0.2, -0.15) is 0 Å². The first-order valence-electron chi connectivity index (χ1n) is 6.27. The van der Waals surface area contributed by atoms with Crippen LogP contribution in [0.2, 0.25) is 10.0 Å². The van der Waals surface area contributed by atoms with Crippen LogP contribution in [0.4, 0.5) is 0 Å². The van der Waals surface area contributed by atoms with Gasteiger partial charge in [-0.05, 0) is 41.5 Å². The number of rotatable bonds is 2. The van der Waals surface area contributed by atoms with Gasteiger partial charge in [0.25, 0.3) is 0 Å².